The third-order valence-corrected chi connectivity index (χ3v) is 4.38. The molecule has 0 fully saturated rings. The topological polar surface area (TPSA) is 130 Å². The van der Waals surface area contributed by atoms with Crippen molar-refractivity contribution in [2.24, 2.45) is 0 Å². The maximum atomic E-state index is 12.1. The molecule has 0 atom stereocenters. The smallest absolute Gasteiger partial charge is 0.325 e. The predicted molar refractivity (Wildman–Crippen MR) is 74.3 cm³/mol. The van der Waals surface area contributed by atoms with Crippen LogP contribution in [-0.2, 0) is 16.6 Å². The first kappa shape index (κ1) is 14.4. The molecule has 0 amide bonds. The molecular weight excluding hydrogens is 314 g/mol. The van der Waals surface area contributed by atoms with E-state index >= 15 is 0 Å². The maximum absolute atomic E-state index is 12.1. The Morgan fingerprint density at radius 2 is 1.95 bits per heavy atom. The summed E-state index contributed by atoms with van der Waals surface area (Å²) in [6.45, 7) is 0.0782. The van der Waals surface area contributed by atoms with E-state index in [1.54, 1.807) is 18.2 Å². The number of aromatic nitrogens is 2. The van der Waals surface area contributed by atoms with Crippen LogP contribution in [0.15, 0.2) is 38.9 Å². The Morgan fingerprint density at radius 1 is 1.18 bits per heavy atom. The van der Waals surface area contributed by atoms with Gasteiger partial charge >= 0.3 is 5.69 Å². The molecule has 22 heavy (non-hydrogen) atoms. The van der Waals surface area contributed by atoms with Gasteiger partial charge in [-0.2, -0.15) is 0 Å². The molecule has 116 valence electrons. The molecule has 0 bridgehead atoms. The van der Waals surface area contributed by atoms with Crippen molar-refractivity contribution < 1.29 is 17.9 Å². The van der Waals surface area contributed by atoms with E-state index in [0.717, 1.165) is 6.20 Å². The van der Waals surface area contributed by atoms with Crippen molar-refractivity contribution >= 4 is 10.0 Å². The molecule has 9 nitrogen and oxygen atoms in total. The zero-order chi connectivity index (χ0) is 15.7. The SMILES string of the molecule is O=c1[nH]cc(S(=O)(=O)NCc2ccc3c(c2)OCO3)c(=O)[nH]1. The summed E-state index contributed by atoms with van der Waals surface area (Å²) in [5, 5.41) is 0. The molecule has 2 aromatic rings. The Kier molecular flexibility index (Phi) is 3.47. The number of sulfonamides is 1. The average Bonchev–Trinajstić information content (AvgIpc) is 2.92. The predicted octanol–water partition coefficient (Wildman–Crippen LogP) is -0.730. The van der Waals surface area contributed by atoms with Crippen molar-refractivity contribution in [2.45, 2.75) is 11.4 Å². The lowest BCUT2D eigenvalue weighted by Crippen LogP contribution is -2.32. The Labute approximate surface area is 124 Å². The summed E-state index contributed by atoms with van der Waals surface area (Å²) in [6.07, 6.45) is 0.850. The fourth-order valence-electron chi connectivity index (χ4n) is 1.90. The molecule has 10 heteroatoms. The molecule has 0 spiro atoms. The standard InChI is InChI=1S/C12H11N3O6S/c16-11-10(5-13-12(17)15-11)22(18,19)14-4-7-1-2-8-9(3-7)21-6-20-8/h1-3,5,14H,4,6H2,(H2,13,15,16,17). The fraction of sp³-hybridized carbons (Fsp3) is 0.167. The second kappa shape index (κ2) is 5.31. The lowest BCUT2D eigenvalue weighted by molar-refractivity contribution is 0.174. The van der Waals surface area contributed by atoms with Gasteiger partial charge in [-0.15, -0.1) is 0 Å². The highest BCUT2D eigenvalue weighted by Gasteiger charge is 2.19. The molecular formula is C12H11N3O6S. The molecule has 1 aromatic heterocycles. The molecule has 0 saturated heterocycles. The van der Waals surface area contributed by atoms with Gasteiger partial charge in [0.05, 0.1) is 0 Å². The highest BCUT2D eigenvalue weighted by atomic mass is 32.2. The van der Waals surface area contributed by atoms with E-state index in [1.807, 2.05) is 4.98 Å². The Morgan fingerprint density at radius 3 is 2.73 bits per heavy atom. The largest absolute Gasteiger partial charge is 0.454 e. The number of H-pyrrole nitrogens is 2. The summed E-state index contributed by atoms with van der Waals surface area (Å²) in [7, 11) is -4.06. The van der Waals surface area contributed by atoms with E-state index in [9.17, 15) is 18.0 Å². The van der Waals surface area contributed by atoms with E-state index in [2.05, 4.69) is 9.71 Å². The van der Waals surface area contributed by atoms with E-state index in [-0.39, 0.29) is 13.3 Å². The number of hydrogen-bond acceptors (Lipinski definition) is 6. The van der Waals surface area contributed by atoms with Crippen molar-refractivity contribution in [1.29, 1.82) is 0 Å². The zero-order valence-corrected chi connectivity index (χ0v) is 11.9. The molecule has 1 aliphatic heterocycles. The van der Waals surface area contributed by atoms with Crippen molar-refractivity contribution in [1.82, 2.24) is 14.7 Å². The molecule has 3 N–H and O–H groups in total. The first-order valence-corrected chi connectivity index (χ1v) is 7.64. The number of ether oxygens (including phenoxy) is 2. The minimum absolute atomic E-state index is 0.0441. The van der Waals surface area contributed by atoms with Gasteiger partial charge in [0.1, 0.15) is 0 Å². The molecule has 1 aromatic carbocycles. The first-order valence-electron chi connectivity index (χ1n) is 6.16. The fourth-order valence-corrected chi connectivity index (χ4v) is 2.93. The highest BCUT2D eigenvalue weighted by molar-refractivity contribution is 7.89. The van der Waals surface area contributed by atoms with Gasteiger partial charge in [-0.05, 0) is 17.7 Å². The van der Waals surface area contributed by atoms with E-state index in [1.165, 1.54) is 0 Å². The van der Waals surface area contributed by atoms with Gasteiger partial charge in [-0.25, -0.2) is 17.9 Å². The molecule has 0 saturated carbocycles. The van der Waals surface area contributed by atoms with Crippen molar-refractivity contribution in [2.75, 3.05) is 6.79 Å². The summed E-state index contributed by atoms with van der Waals surface area (Å²) < 4.78 is 36.8. The normalized spacial score (nSPS) is 13.3. The van der Waals surface area contributed by atoms with Crippen LogP contribution in [0, 0.1) is 0 Å². The van der Waals surface area contributed by atoms with Gasteiger partial charge in [0, 0.05) is 12.7 Å². The van der Waals surface area contributed by atoms with Crippen LogP contribution in [0.25, 0.3) is 0 Å². The number of aromatic amines is 2. The van der Waals surface area contributed by atoms with Crippen LogP contribution in [0.2, 0.25) is 0 Å². The lowest BCUT2D eigenvalue weighted by atomic mass is 10.2. The van der Waals surface area contributed by atoms with Gasteiger partial charge in [-0.1, -0.05) is 6.07 Å². The lowest BCUT2D eigenvalue weighted by Gasteiger charge is -2.06. The Hall–Kier alpha value is -2.59. The summed E-state index contributed by atoms with van der Waals surface area (Å²) >= 11 is 0. The van der Waals surface area contributed by atoms with Gasteiger partial charge in [-0.3, -0.25) is 9.78 Å². The van der Waals surface area contributed by atoms with E-state index in [4.69, 9.17) is 9.47 Å². The number of fused-ring (bicyclic) bond motifs is 1. The Balaban J connectivity index is 1.80. The van der Waals surface area contributed by atoms with Crippen molar-refractivity contribution in [3.8, 4) is 11.5 Å². The molecule has 3 rings (SSSR count). The van der Waals surface area contributed by atoms with Crippen LogP contribution >= 0.6 is 0 Å². The van der Waals surface area contributed by atoms with Crippen LogP contribution < -0.4 is 25.4 Å². The zero-order valence-electron chi connectivity index (χ0n) is 11.1. The summed E-state index contributed by atoms with van der Waals surface area (Å²) in [6, 6.07) is 4.98. The van der Waals surface area contributed by atoms with Gasteiger partial charge < -0.3 is 14.5 Å². The van der Waals surface area contributed by atoms with Gasteiger partial charge in [0.15, 0.2) is 16.4 Å². The molecule has 2 heterocycles. The van der Waals surface area contributed by atoms with E-state index < -0.39 is 26.2 Å². The second-order valence-corrected chi connectivity index (χ2v) is 6.18. The number of rotatable bonds is 4. The van der Waals surface area contributed by atoms with E-state index in [0.29, 0.717) is 17.1 Å². The summed E-state index contributed by atoms with van der Waals surface area (Å²) in [5.41, 5.74) is -1.13. The van der Waals surface area contributed by atoms with Crippen LogP contribution in [-0.4, -0.2) is 25.2 Å². The van der Waals surface area contributed by atoms with Crippen molar-refractivity contribution in [3.05, 3.63) is 50.8 Å². The quantitative estimate of drug-likeness (QED) is 0.679. The molecule has 0 aliphatic carbocycles. The molecule has 0 unspecified atom stereocenters. The number of nitrogens with one attached hydrogen (secondary N) is 3. The minimum atomic E-state index is -4.06. The second-order valence-electron chi connectivity index (χ2n) is 4.45. The summed E-state index contributed by atoms with van der Waals surface area (Å²) in [5.74, 6) is 1.11. The Bertz CT molecular complexity index is 930. The third-order valence-electron chi connectivity index (χ3n) is 2.98. The molecule has 1 aliphatic rings. The van der Waals surface area contributed by atoms with Crippen molar-refractivity contribution in [3.63, 3.8) is 0 Å². The highest BCUT2D eigenvalue weighted by Crippen LogP contribution is 2.32. The minimum Gasteiger partial charge on any atom is -0.454 e. The van der Waals surface area contributed by atoms with Crippen LogP contribution in [0.5, 0.6) is 11.5 Å². The number of benzene rings is 1. The van der Waals surface area contributed by atoms with Gasteiger partial charge in [0.25, 0.3) is 5.56 Å². The maximum Gasteiger partial charge on any atom is 0.325 e. The van der Waals surface area contributed by atoms with Gasteiger partial charge in [0.2, 0.25) is 16.8 Å². The van der Waals surface area contributed by atoms with Crippen LogP contribution in [0.3, 0.4) is 0 Å². The third kappa shape index (κ3) is 2.73. The van der Waals surface area contributed by atoms with Crippen LogP contribution in [0.4, 0.5) is 0 Å². The average molecular weight is 325 g/mol. The first-order chi connectivity index (χ1) is 10.5. The molecule has 0 radical (unpaired) electrons. The monoisotopic (exact) mass is 325 g/mol. The van der Waals surface area contributed by atoms with Crippen LogP contribution in [0.1, 0.15) is 5.56 Å². The number of hydrogen-bond donors (Lipinski definition) is 3. The summed E-state index contributed by atoms with van der Waals surface area (Å²) in [4.78, 5) is 25.8.